The minimum atomic E-state index is -3.49. The fourth-order valence-corrected chi connectivity index (χ4v) is 5.16. The summed E-state index contributed by atoms with van der Waals surface area (Å²) in [5, 5.41) is 9.09. The van der Waals surface area contributed by atoms with Gasteiger partial charge in [-0.05, 0) is 24.3 Å². The Balaban J connectivity index is 1.33. The van der Waals surface area contributed by atoms with E-state index >= 15 is 0 Å². The van der Waals surface area contributed by atoms with Gasteiger partial charge in [0.05, 0.1) is 16.3 Å². The first-order valence-electron chi connectivity index (χ1n) is 9.56. The third-order valence-electron chi connectivity index (χ3n) is 4.64. The highest BCUT2D eigenvalue weighted by Crippen LogP contribution is 2.21. The van der Waals surface area contributed by atoms with Crippen LogP contribution in [0.15, 0.2) is 64.9 Å². The van der Waals surface area contributed by atoms with Crippen LogP contribution in [0.4, 0.5) is 4.39 Å². The molecule has 1 N–H and O–H groups in total. The number of hydrogen-bond acceptors (Lipinski definition) is 6. The molecule has 0 atom stereocenters. The van der Waals surface area contributed by atoms with Gasteiger partial charge in [-0.2, -0.15) is 4.98 Å². The third kappa shape index (κ3) is 4.97. The topological polar surface area (TPSA) is 93.4 Å². The second-order valence-corrected chi connectivity index (χ2v) is 9.79. The average Bonchev–Trinajstić information content (AvgIpc) is 3.35. The van der Waals surface area contributed by atoms with Crippen LogP contribution in [0.3, 0.4) is 0 Å². The van der Waals surface area contributed by atoms with Crippen molar-refractivity contribution in [2.75, 3.05) is 12.3 Å². The number of fused-ring (bicyclic) bond motifs is 1. The molecular weight excluding hydrogens is 439 g/mol. The Morgan fingerprint density at radius 2 is 1.94 bits per heavy atom. The highest BCUT2D eigenvalue weighted by molar-refractivity contribution is 7.91. The molecule has 0 aliphatic heterocycles. The lowest BCUT2D eigenvalue weighted by molar-refractivity contribution is -0.120. The zero-order valence-electron chi connectivity index (χ0n) is 16.4. The molecule has 0 bridgehead atoms. The van der Waals surface area contributed by atoms with E-state index in [1.165, 1.54) is 35.6 Å². The molecule has 0 spiro atoms. The Morgan fingerprint density at radius 3 is 2.71 bits per heavy atom. The van der Waals surface area contributed by atoms with Crippen LogP contribution < -0.4 is 5.32 Å². The molecule has 4 rings (SSSR count). The van der Waals surface area contributed by atoms with Crippen molar-refractivity contribution in [3.63, 3.8) is 0 Å². The molecule has 7 nitrogen and oxygen atoms in total. The normalized spacial score (nSPS) is 11.6. The maximum Gasteiger partial charge on any atom is 0.221 e. The summed E-state index contributed by atoms with van der Waals surface area (Å²) in [6.45, 7) is 0.339. The zero-order valence-corrected chi connectivity index (χ0v) is 18.0. The van der Waals surface area contributed by atoms with Crippen molar-refractivity contribution in [1.82, 2.24) is 19.9 Å². The van der Waals surface area contributed by atoms with Gasteiger partial charge in [0.25, 0.3) is 0 Å². The van der Waals surface area contributed by atoms with Gasteiger partial charge >= 0.3 is 0 Å². The van der Waals surface area contributed by atoms with Crippen LogP contribution in [0, 0.1) is 5.82 Å². The van der Waals surface area contributed by atoms with E-state index in [4.69, 9.17) is 0 Å². The largest absolute Gasteiger partial charge is 0.356 e. The van der Waals surface area contributed by atoms with Crippen molar-refractivity contribution in [1.29, 1.82) is 0 Å². The van der Waals surface area contributed by atoms with E-state index in [1.807, 2.05) is 5.38 Å². The van der Waals surface area contributed by atoms with Crippen molar-refractivity contribution in [2.24, 2.45) is 0 Å². The van der Waals surface area contributed by atoms with E-state index in [-0.39, 0.29) is 28.8 Å². The molecule has 0 fully saturated rings. The first-order valence-corrected chi connectivity index (χ1v) is 12.1. The number of carbonyl (C=O) groups is 1. The summed E-state index contributed by atoms with van der Waals surface area (Å²) in [5.41, 5.74) is 1.45. The molecule has 0 saturated heterocycles. The fourth-order valence-electron chi connectivity index (χ4n) is 3.04. The summed E-state index contributed by atoms with van der Waals surface area (Å²) in [6.07, 6.45) is 0.395. The van der Waals surface area contributed by atoms with Gasteiger partial charge in [-0.25, -0.2) is 17.3 Å². The van der Waals surface area contributed by atoms with Gasteiger partial charge in [-0.1, -0.05) is 30.3 Å². The van der Waals surface area contributed by atoms with Crippen LogP contribution in [-0.4, -0.2) is 41.2 Å². The molecule has 2 aromatic heterocycles. The SMILES string of the molecule is O=C(CCS(=O)(=O)c1ccccc1)NCCc1csc2nc(-c3cccc(F)c3)nn12. The van der Waals surface area contributed by atoms with Crippen LogP contribution >= 0.6 is 11.3 Å². The summed E-state index contributed by atoms with van der Waals surface area (Å²) >= 11 is 1.41. The van der Waals surface area contributed by atoms with Gasteiger partial charge in [0.15, 0.2) is 15.7 Å². The Bertz CT molecular complexity index is 1320. The van der Waals surface area contributed by atoms with Crippen LogP contribution in [0.1, 0.15) is 12.1 Å². The maximum atomic E-state index is 13.5. The first kappa shape index (κ1) is 21.1. The molecule has 0 aliphatic carbocycles. The van der Waals surface area contributed by atoms with Crippen molar-refractivity contribution in [3.8, 4) is 11.4 Å². The molecule has 2 aromatic carbocycles. The average molecular weight is 459 g/mol. The predicted molar refractivity (Wildman–Crippen MR) is 116 cm³/mol. The molecule has 31 heavy (non-hydrogen) atoms. The summed E-state index contributed by atoms with van der Waals surface area (Å²) < 4.78 is 39.7. The quantitative estimate of drug-likeness (QED) is 0.438. The number of halogens is 1. The summed E-state index contributed by atoms with van der Waals surface area (Å²) in [6, 6.07) is 14.2. The van der Waals surface area contributed by atoms with Gasteiger partial charge in [0.2, 0.25) is 10.9 Å². The highest BCUT2D eigenvalue weighted by atomic mass is 32.2. The monoisotopic (exact) mass is 458 g/mol. The van der Waals surface area contributed by atoms with E-state index in [9.17, 15) is 17.6 Å². The van der Waals surface area contributed by atoms with Gasteiger partial charge in [0, 0.05) is 30.3 Å². The van der Waals surface area contributed by atoms with Crippen molar-refractivity contribution in [3.05, 3.63) is 71.5 Å². The second kappa shape index (κ2) is 8.94. The Morgan fingerprint density at radius 1 is 1.13 bits per heavy atom. The third-order valence-corrected chi connectivity index (χ3v) is 7.23. The molecule has 0 saturated carbocycles. The number of carbonyl (C=O) groups excluding carboxylic acids is 1. The number of aromatic nitrogens is 3. The number of amides is 1. The van der Waals surface area contributed by atoms with Crippen LogP contribution in [0.5, 0.6) is 0 Å². The predicted octanol–water partition coefficient (Wildman–Crippen LogP) is 3.12. The van der Waals surface area contributed by atoms with Crippen LogP contribution in [-0.2, 0) is 21.1 Å². The molecule has 0 aliphatic rings. The Kier molecular flexibility index (Phi) is 6.10. The maximum absolute atomic E-state index is 13.5. The van der Waals surface area contributed by atoms with Crippen molar-refractivity contribution < 1.29 is 17.6 Å². The number of hydrogen-bond donors (Lipinski definition) is 1. The summed E-state index contributed by atoms with van der Waals surface area (Å²) in [5.74, 6) is -0.494. The van der Waals surface area contributed by atoms with Gasteiger partial charge in [-0.3, -0.25) is 4.79 Å². The van der Waals surface area contributed by atoms with Gasteiger partial charge < -0.3 is 5.32 Å². The second-order valence-electron chi connectivity index (χ2n) is 6.85. The number of nitrogens with zero attached hydrogens (tertiary/aromatic N) is 3. The first-order chi connectivity index (χ1) is 14.9. The van der Waals surface area contributed by atoms with Crippen LogP contribution in [0.2, 0.25) is 0 Å². The summed E-state index contributed by atoms with van der Waals surface area (Å²) in [7, 11) is -3.49. The number of nitrogens with one attached hydrogen (secondary N) is 1. The lowest BCUT2D eigenvalue weighted by atomic mass is 10.2. The minimum absolute atomic E-state index is 0.108. The molecular formula is C21H19FN4O3S2. The molecule has 0 radical (unpaired) electrons. The van der Waals surface area contributed by atoms with Crippen molar-refractivity contribution >= 4 is 32.0 Å². The lowest BCUT2D eigenvalue weighted by Gasteiger charge is -2.06. The van der Waals surface area contributed by atoms with Crippen molar-refractivity contribution in [2.45, 2.75) is 17.7 Å². The number of thiazole rings is 1. The lowest BCUT2D eigenvalue weighted by Crippen LogP contribution is -2.27. The fraction of sp³-hybridized carbons (Fsp3) is 0.190. The molecule has 1 amide bonds. The zero-order chi connectivity index (χ0) is 21.8. The highest BCUT2D eigenvalue weighted by Gasteiger charge is 2.16. The van der Waals surface area contributed by atoms with E-state index in [0.29, 0.717) is 29.3 Å². The smallest absolute Gasteiger partial charge is 0.221 e. The summed E-state index contributed by atoms with van der Waals surface area (Å²) in [4.78, 5) is 17.4. The number of sulfone groups is 1. The van der Waals surface area contributed by atoms with Crippen LogP contribution in [0.25, 0.3) is 16.3 Å². The number of rotatable bonds is 8. The Hall–Kier alpha value is -3.11. The van der Waals surface area contributed by atoms with E-state index in [1.54, 1.807) is 34.8 Å². The Labute approximate surface area is 182 Å². The van der Waals surface area contributed by atoms with E-state index in [0.717, 1.165) is 5.69 Å². The van der Waals surface area contributed by atoms with E-state index in [2.05, 4.69) is 15.4 Å². The molecule has 0 unspecified atom stereocenters. The van der Waals surface area contributed by atoms with Gasteiger partial charge in [0.1, 0.15) is 5.82 Å². The minimum Gasteiger partial charge on any atom is -0.356 e. The number of benzene rings is 2. The molecule has 2 heterocycles. The standard InChI is InChI=1S/C21H19FN4O3S2/c22-16-6-4-5-15(13-16)20-24-21-26(25-20)17(14-30-21)9-11-23-19(27)10-12-31(28,29)18-7-2-1-3-8-18/h1-8,13-14H,9-12H2,(H,23,27). The van der Waals surface area contributed by atoms with Gasteiger partial charge in [-0.15, -0.1) is 16.4 Å². The molecule has 10 heteroatoms. The molecule has 160 valence electrons. The van der Waals surface area contributed by atoms with E-state index < -0.39 is 9.84 Å². The molecule has 4 aromatic rings.